The van der Waals surface area contributed by atoms with Gasteiger partial charge in [0.05, 0.1) is 11.6 Å². The molecule has 0 amide bonds. The van der Waals surface area contributed by atoms with Gasteiger partial charge >= 0.3 is 0 Å². The molecule has 1 aromatic rings. The number of nitrogens with one attached hydrogen (secondary N) is 1. The fourth-order valence-electron chi connectivity index (χ4n) is 1.17. The van der Waals surface area contributed by atoms with E-state index in [0.29, 0.717) is 36.2 Å². The molecule has 88 valence electrons. The molecule has 0 saturated heterocycles. The molecule has 0 saturated carbocycles. The van der Waals surface area contributed by atoms with E-state index in [-0.39, 0.29) is 5.84 Å². The minimum atomic E-state index is -0.0501. The molecule has 0 aliphatic carbocycles. The van der Waals surface area contributed by atoms with Gasteiger partial charge < -0.3 is 15.2 Å². The first-order valence-corrected chi connectivity index (χ1v) is 5.37. The molecular formula is C11H15ClN2O2. The minimum absolute atomic E-state index is 0.0501. The molecule has 0 radical (unpaired) electrons. The molecule has 5 heteroatoms. The number of benzene rings is 1. The van der Waals surface area contributed by atoms with Crippen LogP contribution in [0.25, 0.3) is 0 Å². The third kappa shape index (κ3) is 3.72. The van der Waals surface area contributed by atoms with Crippen molar-refractivity contribution in [1.82, 2.24) is 0 Å². The Hall–Kier alpha value is -1.26. The maximum absolute atomic E-state index is 7.27. The Kier molecular flexibility index (Phi) is 5.08. The van der Waals surface area contributed by atoms with Crippen molar-refractivity contribution in [2.24, 2.45) is 5.73 Å². The van der Waals surface area contributed by atoms with Gasteiger partial charge in [0, 0.05) is 12.2 Å². The average Bonchev–Trinajstić information content (AvgIpc) is 2.24. The van der Waals surface area contributed by atoms with Gasteiger partial charge in [-0.3, -0.25) is 5.41 Å². The van der Waals surface area contributed by atoms with Crippen LogP contribution in [-0.2, 0) is 4.74 Å². The minimum Gasteiger partial charge on any atom is -0.491 e. The Balaban J connectivity index is 2.56. The Morgan fingerprint density at radius 2 is 2.19 bits per heavy atom. The normalized spacial score (nSPS) is 10.1. The summed E-state index contributed by atoms with van der Waals surface area (Å²) in [5.41, 5.74) is 5.86. The molecule has 0 unspecified atom stereocenters. The van der Waals surface area contributed by atoms with E-state index in [2.05, 4.69) is 0 Å². The Bertz CT molecular complexity index is 369. The van der Waals surface area contributed by atoms with Crippen LogP contribution in [0.2, 0.25) is 5.02 Å². The van der Waals surface area contributed by atoms with Crippen LogP contribution in [0.1, 0.15) is 12.5 Å². The molecule has 0 fully saturated rings. The quantitative estimate of drug-likeness (QED) is 0.456. The molecule has 4 nitrogen and oxygen atoms in total. The summed E-state index contributed by atoms with van der Waals surface area (Å²) < 4.78 is 10.5. The molecule has 0 bridgehead atoms. The summed E-state index contributed by atoms with van der Waals surface area (Å²) in [6.07, 6.45) is 0. The first-order valence-electron chi connectivity index (χ1n) is 4.99. The van der Waals surface area contributed by atoms with Gasteiger partial charge in [0.15, 0.2) is 0 Å². The lowest BCUT2D eigenvalue weighted by atomic mass is 10.2. The van der Waals surface area contributed by atoms with E-state index in [0.717, 1.165) is 0 Å². The molecule has 0 aliphatic rings. The molecule has 0 heterocycles. The Morgan fingerprint density at radius 3 is 2.75 bits per heavy atom. The van der Waals surface area contributed by atoms with Crippen LogP contribution < -0.4 is 10.5 Å². The van der Waals surface area contributed by atoms with E-state index in [9.17, 15) is 0 Å². The van der Waals surface area contributed by atoms with Gasteiger partial charge in [0.1, 0.15) is 18.2 Å². The summed E-state index contributed by atoms with van der Waals surface area (Å²) in [6, 6.07) is 5.04. The molecular weight excluding hydrogens is 228 g/mol. The Morgan fingerprint density at radius 1 is 1.44 bits per heavy atom. The van der Waals surface area contributed by atoms with E-state index in [4.69, 9.17) is 32.2 Å². The van der Waals surface area contributed by atoms with Crippen LogP contribution in [0.5, 0.6) is 5.75 Å². The summed E-state index contributed by atoms with van der Waals surface area (Å²) in [5.74, 6) is 0.598. The van der Waals surface area contributed by atoms with Gasteiger partial charge in [0.25, 0.3) is 0 Å². The predicted octanol–water partition coefficient (Wildman–Crippen LogP) is 2.04. The van der Waals surface area contributed by atoms with E-state index in [1.54, 1.807) is 18.2 Å². The van der Waals surface area contributed by atoms with E-state index in [1.165, 1.54) is 0 Å². The number of nitrogens with two attached hydrogens (primary N) is 1. The summed E-state index contributed by atoms with van der Waals surface area (Å²) in [6.45, 7) is 3.62. The van der Waals surface area contributed by atoms with Crippen LogP contribution >= 0.6 is 11.6 Å². The van der Waals surface area contributed by atoms with Crippen LogP contribution in [0, 0.1) is 5.41 Å². The summed E-state index contributed by atoms with van der Waals surface area (Å²) in [7, 11) is 0. The number of amidine groups is 1. The van der Waals surface area contributed by atoms with Crippen molar-refractivity contribution in [3.05, 3.63) is 28.8 Å². The first-order chi connectivity index (χ1) is 7.65. The zero-order valence-electron chi connectivity index (χ0n) is 9.13. The number of hydrogen-bond acceptors (Lipinski definition) is 3. The van der Waals surface area contributed by atoms with Gasteiger partial charge in [-0.05, 0) is 25.1 Å². The monoisotopic (exact) mass is 242 g/mol. The number of rotatable bonds is 6. The van der Waals surface area contributed by atoms with E-state index >= 15 is 0 Å². The van der Waals surface area contributed by atoms with Crippen molar-refractivity contribution in [1.29, 1.82) is 5.41 Å². The zero-order valence-corrected chi connectivity index (χ0v) is 9.88. The molecule has 1 aromatic carbocycles. The van der Waals surface area contributed by atoms with E-state index in [1.807, 2.05) is 6.92 Å². The lowest BCUT2D eigenvalue weighted by molar-refractivity contribution is 0.110. The fourth-order valence-corrected chi connectivity index (χ4v) is 1.44. The van der Waals surface area contributed by atoms with Crippen molar-refractivity contribution in [2.45, 2.75) is 6.92 Å². The van der Waals surface area contributed by atoms with Crippen molar-refractivity contribution >= 4 is 17.4 Å². The van der Waals surface area contributed by atoms with Crippen molar-refractivity contribution in [3.8, 4) is 5.75 Å². The molecule has 1 rings (SSSR count). The van der Waals surface area contributed by atoms with Crippen molar-refractivity contribution < 1.29 is 9.47 Å². The standard InChI is InChI=1S/C11H15ClN2O2/c1-2-15-5-6-16-8-3-4-9(11(13)14)10(12)7-8/h3-4,7H,2,5-6H2,1H3,(H3,13,14). The second kappa shape index (κ2) is 6.35. The molecule has 0 spiro atoms. The van der Waals surface area contributed by atoms with Gasteiger partial charge in [-0.15, -0.1) is 0 Å². The third-order valence-electron chi connectivity index (χ3n) is 1.93. The topological polar surface area (TPSA) is 68.3 Å². The fraction of sp³-hybridized carbons (Fsp3) is 0.364. The van der Waals surface area contributed by atoms with Crippen LogP contribution in [-0.4, -0.2) is 25.7 Å². The van der Waals surface area contributed by atoms with Gasteiger partial charge in [0.2, 0.25) is 0 Å². The zero-order chi connectivity index (χ0) is 12.0. The number of halogens is 1. The summed E-state index contributed by atoms with van der Waals surface area (Å²) >= 11 is 5.93. The number of ether oxygens (including phenoxy) is 2. The maximum atomic E-state index is 7.27. The Labute approximate surface area is 99.8 Å². The molecule has 3 N–H and O–H groups in total. The summed E-state index contributed by atoms with van der Waals surface area (Å²) in [4.78, 5) is 0. The van der Waals surface area contributed by atoms with Gasteiger partial charge in [-0.25, -0.2) is 0 Å². The SMILES string of the molecule is CCOCCOc1ccc(C(=N)N)c(Cl)c1. The first kappa shape index (κ1) is 12.8. The second-order valence-corrected chi connectivity index (χ2v) is 3.51. The number of hydrogen-bond donors (Lipinski definition) is 2. The molecule has 0 atom stereocenters. The van der Waals surface area contributed by atoms with E-state index < -0.39 is 0 Å². The summed E-state index contributed by atoms with van der Waals surface area (Å²) in [5, 5.41) is 7.69. The average molecular weight is 243 g/mol. The maximum Gasteiger partial charge on any atom is 0.124 e. The van der Waals surface area contributed by atoms with Gasteiger partial charge in [-0.2, -0.15) is 0 Å². The number of nitrogen functional groups attached to an aromatic ring is 1. The smallest absolute Gasteiger partial charge is 0.124 e. The highest BCUT2D eigenvalue weighted by Crippen LogP contribution is 2.22. The van der Waals surface area contributed by atoms with Gasteiger partial charge in [-0.1, -0.05) is 11.6 Å². The lowest BCUT2D eigenvalue weighted by Gasteiger charge is -2.08. The molecule has 16 heavy (non-hydrogen) atoms. The highest BCUT2D eigenvalue weighted by Gasteiger charge is 2.04. The van der Waals surface area contributed by atoms with Crippen molar-refractivity contribution in [2.75, 3.05) is 19.8 Å². The molecule has 0 aliphatic heterocycles. The molecule has 0 aromatic heterocycles. The van der Waals surface area contributed by atoms with Crippen LogP contribution in [0.15, 0.2) is 18.2 Å². The largest absolute Gasteiger partial charge is 0.491 e. The van der Waals surface area contributed by atoms with Crippen LogP contribution in [0.3, 0.4) is 0 Å². The van der Waals surface area contributed by atoms with Crippen LogP contribution in [0.4, 0.5) is 0 Å². The predicted molar refractivity (Wildman–Crippen MR) is 64.5 cm³/mol. The third-order valence-corrected chi connectivity index (χ3v) is 2.24. The highest BCUT2D eigenvalue weighted by molar-refractivity contribution is 6.34. The second-order valence-electron chi connectivity index (χ2n) is 3.10. The lowest BCUT2D eigenvalue weighted by Crippen LogP contribution is -2.12. The highest BCUT2D eigenvalue weighted by atomic mass is 35.5. The van der Waals surface area contributed by atoms with Crippen molar-refractivity contribution in [3.63, 3.8) is 0 Å².